The Morgan fingerprint density at radius 1 is 0.971 bits per heavy atom. The van der Waals surface area contributed by atoms with Crippen molar-refractivity contribution in [2.45, 2.75) is 36.0 Å². The molecule has 0 bridgehead atoms. The van der Waals surface area contributed by atoms with Crippen molar-refractivity contribution < 1.29 is 8.42 Å². The zero-order chi connectivity index (χ0) is 23.7. The maximum absolute atomic E-state index is 12.9. The highest BCUT2D eigenvalue weighted by atomic mass is 79.9. The van der Waals surface area contributed by atoms with Gasteiger partial charge in [-0.1, -0.05) is 40.2 Å². The molecule has 0 radical (unpaired) electrons. The van der Waals surface area contributed by atoms with Gasteiger partial charge in [0, 0.05) is 15.4 Å². The SMILES string of the molecule is C/C(=N\Nc1nc(-c2ccc(S(=O)(=O)c3ccc(Br)cc3)cc2)cs1)c1ccc2c(c1)CCC2. The van der Waals surface area contributed by atoms with Crippen LogP contribution in [0.15, 0.2) is 91.5 Å². The lowest BCUT2D eigenvalue weighted by Gasteiger charge is -2.06. The molecule has 1 aliphatic carbocycles. The zero-order valence-electron chi connectivity index (χ0n) is 18.5. The monoisotopic (exact) mass is 551 g/mol. The Morgan fingerprint density at radius 2 is 1.65 bits per heavy atom. The molecular weight excluding hydrogens is 530 g/mol. The van der Waals surface area contributed by atoms with Crippen molar-refractivity contribution >= 4 is 47.9 Å². The average Bonchev–Trinajstić information content (AvgIpc) is 3.52. The van der Waals surface area contributed by atoms with Gasteiger partial charge in [0.25, 0.3) is 0 Å². The molecule has 0 amide bonds. The highest BCUT2D eigenvalue weighted by Crippen LogP contribution is 2.28. The minimum absolute atomic E-state index is 0.252. The first kappa shape index (κ1) is 23.0. The molecule has 0 spiro atoms. The van der Waals surface area contributed by atoms with Gasteiger partial charge >= 0.3 is 0 Å². The lowest BCUT2D eigenvalue weighted by Crippen LogP contribution is -2.01. The number of hydrogen-bond acceptors (Lipinski definition) is 6. The number of aryl methyl sites for hydroxylation is 2. The lowest BCUT2D eigenvalue weighted by atomic mass is 10.0. The summed E-state index contributed by atoms with van der Waals surface area (Å²) in [5, 5.41) is 7.13. The summed E-state index contributed by atoms with van der Waals surface area (Å²) in [5.74, 6) is 0. The van der Waals surface area contributed by atoms with Gasteiger partial charge in [-0.2, -0.15) is 5.10 Å². The van der Waals surface area contributed by atoms with Gasteiger partial charge < -0.3 is 0 Å². The molecule has 0 unspecified atom stereocenters. The van der Waals surface area contributed by atoms with E-state index in [2.05, 4.69) is 49.6 Å². The van der Waals surface area contributed by atoms with Gasteiger partial charge in [0.2, 0.25) is 15.0 Å². The Labute approximate surface area is 211 Å². The van der Waals surface area contributed by atoms with Crippen LogP contribution in [-0.2, 0) is 22.7 Å². The summed E-state index contributed by atoms with van der Waals surface area (Å²) < 4.78 is 26.6. The van der Waals surface area contributed by atoms with Crippen LogP contribution < -0.4 is 5.43 Å². The van der Waals surface area contributed by atoms with E-state index >= 15 is 0 Å². The van der Waals surface area contributed by atoms with Crippen molar-refractivity contribution in [3.63, 3.8) is 0 Å². The van der Waals surface area contributed by atoms with Crippen molar-refractivity contribution in [2.75, 3.05) is 5.43 Å². The molecule has 5 nitrogen and oxygen atoms in total. The standard InChI is InChI=1S/C26H22BrN3O2S2/c1-17(20-6-5-18-3-2-4-21(18)15-20)29-30-26-28-25(16-33-26)19-7-11-23(12-8-19)34(31,32)24-13-9-22(27)10-14-24/h5-16H,2-4H2,1H3,(H,28,30)/b29-17+. The number of halogens is 1. The van der Waals surface area contributed by atoms with Gasteiger partial charge in [0.05, 0.1) is 21.2 Å². The van der Waals surface area contributed by atoms with E-state index in [1.165, 1.54) is 35.3 Å². The van der Waals surface area contributed by atoms with E-state index in [0.29, 0.717) is 5.13 Å². The van der Waals surface area contributed by atoms with Crippen molar-refractivity contribution in [3.8, 4) is 11.3 Å². The summed E-state index contributed by atoms with van der Waals surface area (Å²) in [6, 6.07) is 20.0. The van der Waals surface area contributed by atoms with Crippen molar-refractivity contribution in [3.05, 3.63) is 93.3 Å². The second kappa shape index (κ2) is 9.44. The van der Waals surface area contributed by atoms with Crippen LogP contribution in [0, 0.1) is 0 Å². The molecule has 4 aromatic rings. The van der Waals surface area contributed by atoms with Crippen molar-refractivity contribution in [1.29, 1.82) is 0 Å². The van der Waals surface area contributed by atoms with Crippen LogP contribution in [0.2, 0.25) is 0 Å². The highest BCUT2D eigenvalue weighted by molar-refractivity contribution is 9.10. The van der Waals surface area contributed by atoms with E-state index in [1.54, 1.807) is 48.5 Å². The second-order valence-corrected chi connectivity index (χ2v) is 11.9. The molecule has 3 aromatic carbocycles. The number of benzene rings is 3. The Kier molecular flexibility index (Phi) is 6.38. The molecule has 0 saturated heterocycles. The summed E-state index contributed by atoms with van der Waals surface area (Å²) in [7, 11) is -3.57. The molecule has 1 aromatic heterocycles. The number of nitrogens with one attached hydrogen (secondary N) is 1. The van der Waals surface area contributed by atoms with Crippen LogP contribution in [0.25, 0.3) is 11.3 Å². The van der Waals surface area contributed by atoms with Crippen molar-refractivity contribution in [2.24, 2.45) is 5.10 Å². The van der Waals surface area contributed by atoms with E-state index in [0.717, 1.165) is 33.4 Å². The molecule has 0 fully saturated rings. The molecule has 0 saturated carbocycles. The fourth-order valence-electron chi connectivity index (χ4n) is 4.01. The topological polar surface area (TPSA) is 71.4 Å². The van der Waals surface area contributed by atoms with Gasteiger partial charge in [0.15, 0.2) is 0 Å². The summed E-state index contributed by atoms with van der Waals surface area (Å²) in [5.41, 5.74) is 9.58. The number of rotatable bonds is 6. The molecular formula is C26H22BrN3O2S2. The molecule has 1 N–H and O–H groups in total. The van der Waals surface area contributed by atoms with E-state index < -0.39 is 9.84 Å². The number of aromatic nitrogens is 1. The van der Waals surface area contributed by atoms with Crippen LogP contribution in [0.3, 0.4) is 0 Å². The molecule has 1 aliphatic rings. The Morgan fingerprint density at radius 3 is 2.38 bits per heavy atom. The van der Waals surface area contributed by atoms with Gasteiger partial charge in [-0.3, -0.25) is 5.43 Å². The maximum atomic E-state index is 12.9. The van der Waals surface area contributed by atoms with E-state index in [-0.39, 0.29) is 9.79 Å². The first-order valence-corrected chi connectivity index (χ1v) is 14.0. The summed E-state index contributed by atoms with van der Waals surface area (Å²) in [4.78, 5) is 5.13. The summed E-state index contributed by atoms with van der Waals surface area (Å²) in [6.45, 7) is 1.99. The second-order valence-electron chi connectivity index (χ2n) is 8.17. The number of hydrogen-bond donors (Lipinski definition) is 1. The van der Waals surface area contributed by atoms with Crippen molar-refractivity contribution in [1.82, 2.24) is 4.98 Å². The third-order valence-electron chi connectivity index (χ3n) is 5.92. The Bertz CT molecular complexity index is 1480. The minimum atomic E-state index is -3.57. The predicted octanol–water partition coefficient (Wildman–Crippen LogP) is 6.73. The molecule has 1 heterocycles. The molecule has 5 rings (SSSR count). The van der Waals surface area contributed by atoms with Gasteiger partial charge in [-0.25, -0.2) is 13.4 Å². The smallest absolute Gasteiger partial charge is 0.206 e. The van der Waals surface area contributed by atoms with Gasteiger partial charge in [-0.05, 0) is 85.3 Å². The number of anilines is 1. The van der Waals surface area contributed by atoms with Gasteiger partial charge in [0.1, 0.15) is 0 Å². The Balaban J connectivity index is 1.30. The number of thiazole rings is 1. The first-order valence-electron chi connectivity index (χ1n) is 10.9. The fraction of sp³-hybridized carbons (Fsp3) is 0.154. The van der Waals surface area contributed by atoms with Crippen LogP contribution in [0.1, 0.15) is 30.0 Å². The molecule has 34 heavy (non-hydrogen) atoms. The zero-order valence-corrected chi connectivity index (χ0v) is 21.7. The maximum Gasteiger partial charge on any atom is 0.206 e. The largest absolute Gasteiger partial charge is 0.252 e. The van der Waals surface area contributed by atoms with Crippen LogP contribution in [-0.4, -0.2) is 19.1 Å². The summed E-state index contributed by atoms with van der Waals surface area (Å²) >= 11 is 4.79. The fourth-order valence-corrected chi connectivity index (χ4v) is 6.19. The van der Waals surface area contributed by atoms with Crippen LogP contribution in [0.4, 0.5) is 5.13 Å². The third-order valence-corrected chi connectivity index (χ3v) is 8.99. The molecule has 0 aliphatic heterocycles. The van der Waals surface area contributed by atoms with Crippen LogP contribution in [0.5, 0.6) is 0 Å². The van der Waals surface area contributed by atoms with E-state index in [4.69, 9.17) is 0 Å². The number of sulfone groups is 1. The summed E-state index contributed by atoms with van der Waals surface area (Å²) in [6.07, 6.45) is 3.54. The van der Waals surface area contributed by atoms with E-state index in [9.17, 15) is 8.42 Å². The number of fused-ring (bicyclic) bond motifs is 1. The lowest BCUT2D eigenvalue weighted by molar-refractivity contribution is 0.596. The first-order chi connectivity index (χ1) is 16.4. The molecule has 172 valence electrons. The Hall–Kier alpha value is -2.81. The van der Waals surface area contributed by atoms with Crippen LogP contribution >= 0.6 is 27.3 Å². The average molecular weight is 553 g/mol. The predicted molar refractivity (Wildman–Crippen MR) is 141 cm³/mol. The van der Waals surface area contributed by atoms with Gasteiger partial charge in [-0.15, -0.1) is 11.3 Å². The number of nitrogens with zero attached hydrogens (tertiary/aromatic N) is 2. The quantitative estimate of drug-likeness (QED) is 0.213. The normalized spacial score (nSPS) is 13.6. The third kappa shape index (κ3) is 4.71. The molecule has 8 heteroatoms. The van der Waals surface area contributed by atoms with E-state index in [1.807, 2.05) is 12.3 Å². The minimum Gasteiger partial charge on any atom is -0.252 e. The number of hydrazone groups is 1. The highest BCUT2D eigenvalue weighted by Gasteiger charge is 2.18. The molecule has 0 atom stereocenters.